The van der Waals surface area contributed by atoms with Crippen molar-refractivity contribution in [1.29, 1.82) is 0 Å². The first kappa shape index (κ1) is 12.3. The number of nitrogens with zero attached hydrogens (tertiary/aromatic N) is 1. The van der Waals surface area contributed by atoms with Gasteiger partial charge >= 0.3 is 0 Å². The molecule has 0 heterocycles. The number of para-hydroxylation sites is 1. The Morgan fingerprint density at radius 1 is 1.00 bits per heavy atom. The van der Waals surface area contributed by atoms with Crippen molar-refractivity contribution in [3.63, 3.8) is 0 Å². The number of benzene rings is 1. The largest absolute Gasteiger partial charge is 0.400 e. The average molecular weight is 221 g/mol. The van der Waals surface area contributed by atoms with E-state index >= 15 is 0 Å². The third-order valence-corrected chi connectivity index (χ3v) is 9.42. The van der Waals surface area contributed by atoms with Crippen LogP contribution in [-0.2, 0) is 0 Å². The van der Waals surface area contributed by atoms with Gasteiger partial charge in [-0.1, -0.05) is 52.1 Å². The molecule has 0 saturated carbocycles. The molecule has 0 unspecified atom stereocenters. The Morgan fingerprint density at radius 2 is 1.47 bits per heavy atom. The first-order valence-corrected chi connectivity index (χ1v) is 8.50. The third kappa shape index (κ3) is 2.43. The summed E-state index contributed by atoms with van der Waals surface area (Å²) < 4.78 is 2.49. The Kier molecular flexibility index (Phi) is 3.29. The molecule has 2 heteroatoms. The van der Waals surface area contributed by atoms with Gasteiger partial charge in [-0.2, -0.15) is 0 Å². The van der Waals surface area contributed by atoms with Crippen LogP contribution >= 0.6 is 0 Å². The second kappa shape index (κ2) is 4.01. The van der Waals surface area contributed by atoms with E-state index in [0.717, 1.165) is 0 Å². The van der Waals surface area contributed by atoms with Gasteiger partial charge in [-0.15, -0.1) is 0 Å². The second-order valence-electron chi connectivity index (χ2n) is 5.70. The van der Waals surface area contributed by atoms with E-state index in [4.69, 9.17) is 0 Å². The lowest BCUT2D eigenvalue weighted by atomic mass is 10.2. The normalized spacial score (nSPS) is 12.7. The van der Waals surface area contributed by atoms with E-state index < -0.39 is 8.24 Å². The minimum Gasteiger partial charge on any atom is -0.400 e. The molecule has 0 spiro atoms. The zero-order valence-electron chi connectivity index (χ0n) is 10.8. The zero-order chi connectivity index (χ0) is 11.7. The van der Waals surface area contributed by atoms with Crippen LogP contribution in [0.3, 0.4) is 0 Å². The fourth-order valence-electron chi connectivity index (χ4n) is 1.48. The topological polar surface area (TPSA) is 3.24 Å². The molecule has 0 bridgehead atoms. The summed E-state index contributed by atoms with van der Waals surface area (Å²) in [4.78, 5) is 0. The Bertz CT molecular complexity index is 311. The molecule has 0 aliphatic heterocycles. The van der Waals surface area contributed by atoms with Gasteiger partial charge in [-0.05, 0) is 24.2 Å². The van der Waals surface area contributed by atoms with Crippen LogP contribution < -0.4 is 4.57 Å². The van der Waals surface area contributed by atoms with Crippen LogP contribution in [-0.4, -0.2) is 15.3 Å². The van der Waals surface area contributed by atoms with E-state index in [0.29, 0.717) is 5.04 Å². The summed E-state index contributed by atoms with van der Waals surface area (Å²) in [5, 5.41) is 0.386. The molecule has 0 fully saturated rings. The minimum absolute atomic E-state index is 0.386. The van der Waals surface area contributed by atoms with E-state index in [1.165, 1.54) is 5.69 Å². The van der Waals surface area contributed by atoms with Gasteiger partial charge in [0.25, 0.3) is 0 Å². The summed E-state index contributed by atoms with van der Waals surface area (Å²) in [6, 6.07) is 10.7. The molecule has 0 saturated heterocycles. The lowest BCUT2D eigenvalue weighted by Gasteiger charge is -2.45. The molecule has 0 aromatic heterocycles. The minimum atomic E-state index is -1.42. The van der Waals surface area contributed by atoms with Crippen LogP contribution in [0.25, 0.3) is 0 Å². The molecule has 1 nitrogen and oxygen atoms in total. The van der Waals surface area contributed by atoms with Gasteiger partial charge in [-0.25, -0.2) is 0 Å². The van der Waals surface area contributed by atoms with Crippen LogP contribution in [0, 0.1) is 0 Å². The SMILES string of the molecule is CN(c1ccccc1)[Si](C)(C)C(C)(C)C. The van der Waals surface area contributed by atoms with E-state index in [1.54, 1.807) is 0 Å². The molecular weight excluding hydrogens is 198 g/mol. The predicted octanol–water partition coefficient (Wildman–Crippen LogP) is 4.13. The van der Waals surface area contributed by atoms with Gasteiger partial charge in [0.15, 0.2) is 8.24 Å². The maximum atomic E-state index is 2.49. The molecule has 0 atom stereocenters. The van der Waals surface area contributed by atoms with E-state index in [9.17, 15) is 0 Å². The molecule has 1 rings (SSSR count). The van der Waals surface area contributed by atoms with Crippen LogP contribution in [0.4, 0.5) is 5.69 Å². The fraction of sp³-hybridized carbons (Fsp3) is 0.538. The summed E-state index contributed by atoms with van der Waals surface area (Å²) in [6.07, 6.45) is 0. The maximum absolute atomic E-state index is 2.49. The highest BCUT2D eigenvalue weighted by atomic mass is 28.3. The van der Waals surface area contributed by atoms with Crippen LogP contribution in [0.1, 0.15) is 20.8 Å². The second-order valence-corrected chi connectivity index (χ2v) is 11.0. The molecule has 0 aliphatic rings. The standard InChI is InChI=1S/C13H23NSi/c1-13(2,3)15(5,6)14(4)12-10-8-7-9-11-12/h7-11H,1-6H3. The van der Waals surface area contributed by atoms with Gasteiger partial charge in [0.1, 0.15) is 0 Å². The first-order chi connectivity index (χ1) is 6.77. The molecular formula is C13H23NSi. The lowest BCUT2D eigenvalue weighted by Crippen LogP contribution is -2.53. The van der Waals surface area contributed by atoms with Gasteiger partial charge in [0.2, 0.25) is 0 Å². The zero-order valence-corrected chi connectivity index (χ0v) is 11.8. The molecule has 1 aromatic carbocycles. The molecule has 0 radical (unpaired) electrons. The molecule has 84 valence electrons. The monoisotopic (exact) mass is 221 g/mol. The van der Waals surface area contributed by atoms with Crippen LogP contribution in [0.2, 0.25) is 18.1 Å². The highest BCUT2D eigenvalue weighted by Gasteiger charge is 2.39. The maximum Gasteiger partial charge on any atom is 0.155 e. The van der Waals surface area contributed by atoms with Gasteiger partial charge < -0.3 is 4.57 Å². The average Bonchev–Trinajstić information content (AvgIpc) is 2.16. The van der Waals surface area contributed by atoms with Crippen LogP contribution in [0.15, 0.2) is 30.3 Å². The summed E-state index contributed by atoms with van der Waals surface area (Å²) >= 11 is 0. The Balaban J connectivity index is 3.00. The fourth-order valence-corrected chi connectivity index (χ4v) is 3.28. The van der Waals surface area contributed by atoms with E-state index in [-0.39, 0.29) is 0 Å². The van der Waals surface area contributed by atoms with Crippen molar-refractivity contribution in [2.75, 3.05) is 11.6 Å². The molecule has 0 aliphatic carbocycles. The van der Waals surface area contributed by atoms with Crippen molar-refractivity contribution < 1.29 is 0 Å². The van der Waals surface area contributed by atoms with Crippen molar-refractivity contribution in [3.05, 3.63) is 30.3 Å². The predicted molar refractivity (Wildman–Crippen MR) is 72.0 cm³/mol. The first-order valence-electron chi connectivity index (χ1n) is 5.56. The lowest BCUT2D eigenvalue weighted by molar-refractivity contribution is 0.712. The quantitative estimate of drug-likeness (QED) is 0.679. The third-order valence-electron chi connectivity index (χ3n) is 3.82. The number of hydrogen-bond donors (Lipinski definition) is 0. The summed E-state index contributed by atoms with van der Waals surface area (Å²) in [7, 11) is 0.813. The number of anilines is 1. The highest BCUT2D eigenvalue weighted by molar-refractivity contribution is 6.83. The van der Waals surface area contributed by atoms with Crippen molar-refractivity contribution in [1.82, 2.24) is 0 Å². The molecule has 0 N–H and O–H groups in total. The number of hydrogen-bond acceptors (Lipinski definition) is 1. The summed E-state index contributed by atoms with van der Waals surface area (Å²) in [5.41, 5.74) is 1.34. The summed E-state index contributed by atoms with van der Waals surface area (Å²) in [5.74, 6) is 0. The van der Waals surface area contributed by atoms with Crippen molar-refractivity contribution in [3.8, 4) is 0 Å². The molecule has 0 amide bonds. The van der Waals surface area contributed by atoms with Gasteiger partial charge in [0.05, 0.1) is 0 Å². The van der Waals surface area contributed by atoms with E-state index in [2.05, 4.69) is 75.8 Å². The molecule has 1 aromatic rings. The van der Waals surface area contributed by atoms with Crippen molar-refractivity contribution >= 4 is 13.9 Å². The van der Waals surface area contributed by atoms with E-state index in [1.807, 2.05) is 0 Å². The van der Waals surface area contributed by atoms with Crippen molar-refractivity contribution in [2.45, 2.75) is 38.9 Å². The van der Waals surface area contributed by atoms with Crippen molar-refractivity contribution in [2.24, 2.45) is 0 Å². The molecule has 15 heavy (non-hydrogen) atoms. The highest BCUT2D eigenvalue weighted by Crippen LogP contribution is 2.39. The Morgan fingerprint density at radius 3 is 1.87 bits per heavy atom. The summed E-state index contributed by atoms with van der Waals surface area (Å²) in [6.45, 7) is 11.9. The number of rotatable bonds is 2. The smallest absolute Gasteiger partial charge is 0.155 e. The van der Waals surface area contributed by atoms with Gasteiger partial charge in [-0.3, -0.25) is 0 Å². The Hall–Kier alpha value is -0.763. The Labute approximate surface area is 95.2 Å². The van der Waals surface area contributed by atoms with Crippen LogP contribution in [0.5, 0.6) is 0 Å². The van der Waals surface area contributed by atoms with Gasteiger partial charge in [0, 0.05) is 5.69 Å².